The minimum absolute atomic E-state index is 0.338. The van der Waals surface area contributed by atoms with E-state index in [0.29, 0.717) is 18.1 Å². The van der Waals surface area contributed by atoms with E-state index in [-0.39, 0.29) is 0 Å². The molecule has 2 nitrogen and oxygen atoms in total. The maximum Gasteiger partial charge on any atom is 0.143 e. The maximum absolute atomic E-state index is 12.7. The van der Waals surface area contributed by atoms with Crippen molar-refractivity contribution in [2.24, 2.45) is 5.92 Å². The first-order valence-corrected chi connectivity index (χ1v) is 7.81. The summed E-state index contributed by atoms with van der Waals surface area (Å²) in [5.74, 6) is 0.862. The van der Waals surface area contributed by atoms with Gasteiger partial charge in [-0.2, -0.15) is 0 Å². The third kappa shape index (κ3) is 4.36. The van der Waals surface area contributed by atoms with Crippen molar-refractivity contribution < 1.29 is 4.79 Å². The second-order valence-corrected chi connectivity index (χ2v) is 6.29. The summed E-state index contributed by atoms with van der Waals surface area (Å²) in [5, 5.41) is 0. The molecule has 0 bridgehead atoms. The van der Waals surface area contributed by atoms with E-state index in [1.165, 1.54) is 12.8 Å². The summed E-state index contributed by atoms with van der Waals surface area (Å²) in [7, 11) is 0. The van der Waals surface area contributed by atoms with Crippen LogP contribution >= 0.6 is 0 Å². The Bertz CT molecular complexity index is 420. The van der Waals surface area contributed by atoms with Crippen LogP contribution in [0.2, 0.25) is 0 Å². The Balaban J connectivity index is 2.75. The molecule has 1 rings (SSSR count). The molecule has 0 spiro atoms. The fraction of sp³-hybridized carbons (Fsp3) is 0.611. The number of ketones is 1. The summed E-state index contributed by atoms with van der Waals surface area (Å²) in [4.78, 5) is 12.7. The molecule has 1 aromatic rings. The lowest BCUT2D eigenvalue weighted by Gasteiger charge is -2.26. The van der Waals surface area contributed by atoms with Crippen LogP contribution in [0.25, 0.3) is 0 Å². The van der Waals surface area contributed by atoms with Crippen molar-refractivity contribution in [3.05, 3.63) is 29.8 Å². The molecule has 2 heteroatoms. The quantitative estimate of drug-likeness (QED) is 0.697. The Morgan fingerprint density at radius 2 is 1.80 bits per heavy atom. The fourth-order valence-electron chi connectivity index (χ4n) is 2.52. The van der Waals surface area contributed by atoms with E-state index in [1.54, 1.807) is 0 Å². The van der Waals surface area contributed by atoms with Gasteiger partial charge < -0.3 is 5.73 Å². The van der Waals surface area contributed by atoms with E-state index in [1.807, 2.05) is 38.1 Å². The third-order valence-electron chi connectivity index (χ3n) is 4.35. The fourth-order valence-corrected chi connectivity index (χ4v) is 2.52. The van der Waals surface area contributed by atoms with Crippen molar-refractivity contribution in [3.63, 3.8) is 0 Å². The van der Waals surface area contributed by atoms with Gasteiger partial charge >= 0.3 is 0 Å². The normalized spacial score (nSPS) is 13.2. The van der Waals surface area contributed by atoms with Crippen LogP contribution in [-0.2, 0) is 10.2 Å². The molecule has 0 amide bonds. The lowest BCUT2D eigenvalue weighted by atomic mass is 9.76. The first-order valence-electron chi connectivity index (χ1n) is 7.81. The highest BCUT2D eigenvalue weighted by atomic mass is 16.1. The summed E-state index contributed by atoms with van der Waals surface area (Å²) < 4.78 is 0. The molecular weight excluding hydrogens is 246 g/mol. The van der Waals surface area contributed by atoms with Crippen molar-refractivity contribution in [2.75, 3.05) is 5.73 Å². The minimum atomic E-state index is -0.423. The van der Waals surface area contributed by atoms with Crippen LogP contribution in [0.4, 0.5) is 5.69 Å². The molecule has 0 aromatic heterocycles. The van der Waals surface area contributed by atoms with Gasteiger partial charge in [0.1, 0.15) is 5.78 Å². The number of unbranched alkanes of at least 4 members (excludes halogenated alkanes) is 1. The predicted molar refractivity (Wildman–Crippen MR) is 86.8 cm³/mol. The van der Waals surface area contributed by atoms with Gasteiger partial charge in [-0.15, -0.1) is 0 Å². The zero-order valence-electron chi connectivity index (χ0n) is 13.4. The van der Waals surface area contributed by atoms with Gasteiger partial charge in [0.25, 0.3) is 0 Å². The van der Waals surface area contributed by atoms with Gasteiger partial charge in [0, 0.05) is 17.5 Å². The van der Waals surface area contributed by atoms with Gasteiger partial charge in [0.15, 0.2) is 0 Å². The SMILES string of the molecule is CCCCC(CC)CC(=O)C(C)(C)c1ccc(N)cc1. The Kier molecular flexibility index (Phi) is 6.25. The van der Waals surface area contributed by atoms with Gasteiger partial charge in [0.05, 0.1) is 0 Å². The molecule has 0 radical (unpaired) electrons. The third-order valence-corrected chi connectivity index (χ3v) is 4.35. The van der Waals surface area contributed by atoms with Crippen molar-refractivity contribution in [1.29, 1.82) is 0 Å². The van der Waals surface area contributed by atoms with E-state index in [2.05, 4.69) is 13.8 Å². The average molecular weight is 275 g/mol. The van der Waals surface area contributed by atoms with E-state index < -0.39 is 5.41 Å². The van der Waals surface area contributed by atoms with Crippen molar-refractivity contribution in [3.8, 4) is 0 Å². The van der Waals surface area contributed by atoms with Gasteiger partial charge in [-0.1, -0.05) is 51.7 Å². The van der Waals surface area contributed by atoms with E-state index >= 15 is 0 Å². The highest BCUT2D eigenvalue weighted by Gasteiger charge is 2.30. The van der Waals surface area contributed by atoms with Crippen LogP contribution in [-0.4, -0.2) is 5.78 Å². The molecule has 0 saturated carbocycles. The lowest BCUT2D eigenvalue weighted by molar-refractivity contribution is -0.124. The van der Waals surface area contributed by atoms with Crippen LogP contribution in [0.5, 0.6) is 0 Å². The summed E-state index contributed by atoms with van der Waals surface area (Å²) in [6.07, 6.45) is 5.36. The Hall–Kier alpha value is -1.31. The molecule has 0 aliphatic heterocycles. The summed E-state index contributed by atoms with van der Waals surface area (Å²) in [6.45, 7) is 8.43. The number of hydrogen-bond acceptors (Lipinski definition) is 2. The molecule has 0 fully saturated rings. The summed E-state index contributed by atoms with van der Waals surface area (Å²) >= 11 is 0. The molecular formula is C18H29NO. The minimum Gasteiger partial charge on any atom is -0.399 e. The topological polar surface area (TPSA) is 43.1 Å². The number of hydrogen-bond donors (Lipinski definition) is 1. The molecule has 2 N–H and O–H groups in total. The maximum atomic E-state index is 12.7. The van der Waals surface area contributed by atoms with Crippen molar-refractivity contribution in [1.82, 2.24) is 0 Å². The number of nitrogen functional groups attached to an aromatic ring is 1. The Morgan fingerprint density at radius 3 is 2.30 bits per heavy atom. The standard InChI is InChI=1S/C18H29NO/c1-5-7-8-14(6-2)13-17(20)18(3,4)15-9-11-16(19)12-10-15/h9-12,14H,5-8,13,19H2,1-4H3. The predicted octanol–water partition coefficient (Wildman–Crippen LogP) is 4.72. The number of carbonyl (C=O) groups is 1. The number of benzene rings is 1. The second kappa shape index (κ2) is 7.47. The smallest absolute Gasteiger partial charge is 0.143 e. The van der Waals surface area contributed by atoms with E-state index in [4.69, 9.17) is 5.73 Å². The van der Waals surface area contributed by atoms with E-state index in [0.717, 1.165) is 24.1 Å². The Morgan fingerprint density at radius 1 is 1.20 bits per heavy atom. The van der Waals surface area contributed by atoms with Crippen LogP contribution in [0.15, 0.2) is 24.3 Å². The van der Waals surface area contributed by atoms with Gasteiger partial charge in [-0.25, -0.2) is 0 Å². The lowest BCUT2D eigenvalue weighted by Crippen LogP contribution is -2.30. The molecule has 1 aromatic carbocycles. The number of carbonyl (C=O) groups excluding carboxylic acids is 1. The van der Waals surface area contributed by atoms with Gasteiger partial charge in [-0.05, 0) is 37.5 Å². The van der Waals surface area contributed by atoms with E-state index in [9.17, 15) is 4.79 Å². The first-order chi connectivity index (χ1) is 9.41. The number of nitrogens with two attached hydrogens (primary N) is 1. The molecule has 0 aliphatic rings. The summed E-state index contributed by atoms with van der Waals surface area (Å²) in [5.41, 5.74) is 7.09. The molecule has 1 unspecified atom stereocenters. The Labute approximate surface area is 123 Å². The highest BCUT2D eigenvalue weighted by molar-refractivity contribution is 5.89. The monoisotopic (exact) mass is 275 g/mol. The molecule has 112 valence electrons. The molecule has 0 saturated heterocycles. The van der Waals surface area contributed by atoms with Crippen LogP contribution < -0.4 is 5.73 Å². The second-order valence-electron chi connectivity index (χ2n) is 6.29. The van der Waals surface area contributed by atoms with Crippen LogP contribution in [0.1, 0.15) is 65.4 Å². The molecule has 0 aliphatic carbocycles. The molecule has 1 atom stereocenters. The zero-order valence-corrected chi connectivity index (χ0v) is 13.4. The van der Waals surface area contributed by atoms with Crippen molar-refractivity contribution >= 4 is 11.5 Å². The van der Waals surface area contributed by atoms with Crippen LogP contribution in [0, 0.1) is 5.92 Å². The first kappa shape index (κ1) is 16.7. The summed E-state index contributed by atoms with van der Waals surface area (Å²) in [6, 6.07) is 7.69. The van der Waals surface area contributed by atoms with Gasteiger partial charge in [0.2, 0.25) is 0 Å². The molecule has 0 heterocycles. The molecule has 20 heavy (non-hydrogen) atoms. The zero-order chi connectivity index (χ0) is 15.2. The highest BCUT2D eigenvalue weighted by Crippen LogP contribution is 2.29. The number of anilines is 1. The largest absolute Gasteiger partial charge is 0.399 e. The average Bonchev–Trinajstić information content (AvgIpc) is 2.43. The van der Waals surface area contributed by atoms with Crippen LogP contribution in [0.3, 0.4) is 0 Å². The number of Topliss-reactive ketones (excluding diaryl/α,β-unsaturated/α-hetero) is 1. The van der Waals surface area contributed by atoms with Crippen molar-refractivity contribution in [2.45, 2.75) is 65.2 Å². The number of rotatable bonds is 8. The van der Waals surface area contributed by atoms with Gasteiger partial charge in [-0.3, -0.25) is 4.79 Å².